The van der Waals surface area contributed by atoms with Gasteiger partial charge in [0.05, 0.1) is 20.1 Å². The van der Waals surface area contributed by atoms with Crippen LogP contribution in [0.1, 0.15) is 6.42 Å². The summed E-state index contributed by atoms with van der Waals surface area (Å²) in [5.41, 5.74) is 0. The van der Waals surface area contributed by atoms with Crippen molar-refractivity contribution < 1.29 is 22.7 Å². The summed E-state index contributed by atoms with van der Waals surface area (Å²) in [7, 11) is -1.01. The minimum atomic E-state index is -3.75. The second-order valence-corrected chi connectivity index (χ2v) is 6.92. The predicted octanol–water partition coefficient (Wildman–Crippen LogP) is 1.04. The summed E-state index contributed by atoms with van der Waals surface area (Å²) in [5, 5.41) is 0. The molecule has 0 bridgehead atoms. The van der Waals surface area contributed by atoms with Gasteiger partial charge in [-0.25, -0.2) is 8.42 Å². The Morgan fingerprint density at radius 1 is 1.33 bits per heavy atom. The van der Waals surface area contributed by atoms with Crippen molar-refractivity contribution in [2.75, 3.05) is 33.9 Å². The molecule has 0 aliphatic rings. The van der Waals surface area contributed by atoms with Gasteiger partial charge in [0.1, 0.15) is 4.90 Å². The number of carbonyl (C=O) groups excluding carboxylic acids is 1. The van der Waals surface area contributed by atoms with E-state index in [0.29, 0.717) is 4.47 Å². The summed E-state index contributed by atoms with van der Waals surface area (Å²) >= 11 is 3.19. The lowest BCUT2D eigenvalue weighted by molar-refractivity contribution is -0.140. The molecule has 1 aromatic heterocycles. The van der Waals surface area contributed by atoms with Crippen molar-refractivity contribution in [2.24, 2.45) is 0 Å². The van der Waals surface area contributed by atoms with Gasteiger partial charge in [0, 0.05) is 37.1 Å². The van der Waals surface area contributed by atoms with E-state index in [9.17, 15) is 13.2 Å². The number of aromatic nitrogens is 1. The van der Waals surface area contributed by atoms with Gasteiger partial charge in [-0.2, -0.15) is 4.31 Å². The van der Waals surface area contributed by atoms with Crippen LogP contribution in [0.4, 0.5) is 0 Å². The minimum Gasteiger partial charge on any atom is -0.469 e. The highest BCUT2D eigenvalue weighted by atomic mass is 79.9. The Bertz CT molecular complexity index is 579. The summed E-state index contributed by atoms with van der Waals surface area (Å²) in [5.74, 6) is -0.472. The van der Waals surface area contributed by atoms with E-state index >= 15 is 0 Å². The number of pyridine rings is 1. The molecule has 21 heavy (non-hydrogen) atoms. The van der Waals surface area contributed by atoms with Gasteiger partial charge in [-0.05, 0) is 22.0 Å². The molecule has 1 heterocycles. The van der Waals surface area contributed by atoms with Crippen LogP contribution >= 0.6 is 15.9 Å². The zero-order valence-corrected chi connectivity index (χ0v) is 14.2. The van der Waals surface area contributed by atoms with Crippen molar-refractivity contribution in [2.45, 2.75) is 11.3 Å². The highest BCUT2D eigenvalue weighted by Crippen LogP contribution is 2.19. The number of esters is 1. The normalized spacial score (nSPS) is 11.6. The van der Waals surface area contributed by atoms with Crippen LogP contribution in [0, 0.1) is 0 Å². The number of halogens is 1. The summed E-state index contributed by atoms with van der Waals surface area (Å²) in [6, 6.07) is 1.46. The van der Waals surface area contributed by atoms with Crippen molar-refractivity contribution in [3.8, 4) is 0 Å². The van der Waals surface area contributed by atoms with E-state index in [1.807, 2.05) is 0 Å². The topological polar surface area (TPSA) is 85.8 Å². The molecule has 0 N–H and O–H groups in total. The molecule has 0 aliphatic heterocycles. The van der Waals surface area contributed by atoms with Gasteiger partial charge in [-0.3, -0.25) is 9.78 Å². The molecule has 0 spiro atoms. The lowest BCUT2D eigenvalue weighted by Gasteiger charge is -2.21. The molecular formula is C12H17BrN2O5S. The Morgan fingerprint density at radius 2 is 2.05 bits per heavy atom. The van der Waals surface area contributed by atoms with Crippen molar-refractivity contribution in [3.63, 3.8) is 0 Å². The van der Waals surface area contributed by atoms with Crippen LogP contribution in [0.5, 0.6) is 0 Å². The van der Waals surface area contributed by atoms with Crippen molar-refractivity contribution in [1.29, 1.82) is 0 Å². The molecule has 0 saturated carbocycles. The van der Waals surface area contributed by atoms with E-state index in [-0.39, 0.29) is 31.0 Å². The second-order valence-electron chi connectivity index (χ2n) is 4.06. The van der Waals surface area contributed by atoms with Crippen LogP contribution in [0.3, 0.4) is 0 Å². The van der Waals surface area contributed by atoms with Crippen molar-refractivity contribution in [1.82, 2.24) is 9.29 Å². The maximum atomic E-state index is 12.5. The molecule has 0 aromatic carbocycles. The lowest BCUT2D eigenvalue weighted by Crippen LogP contribution is -2.35. The number of ether oxygens (including phenoxy) is 2. The number of rotatable bonds is 8. The third-order valence-electron chi connectivity index (χ3n) is 2.66. The number of carbonyl (C=O) groups is 1. The molecule has 0 atom stereocenters. The van der Waals surface area contributed by atoms with E-state index in [1.165, 1.54) is 37.0 Å². The molecule has 1 aromatic rings. The Morgan fingerprint density at radius 3 is 2.62 bits per heavy atom. The monoisotopic (exact) mass is 380 g/mol. The highest BCUT2D eigenvalue weighted by Gasteiger charge is 2.25. The van der Waals surface area contributed by atoms with Gasteiger partial charge in [-0.1, -0.05) is 0 Å². The molecule has 0 radical (unpaired) electrons. The van der Waals surface area contributed by atoms with Gasteiger partial charge < -0.3 is 9.47 Å². The Hall–Kier alpha value is -1.03. The molecule has 1 rings (SSSR count). The molecule has 0 aliphatic carbocycles. The Kier molecular flexibility index (Phi) is 7.23. The fourth-order valence-electron chi connectivity index (χ4n) is 1.55. The van der Waals surface area contributed by atoms with Crippen LogP contribution in [-0.2, 0) is 24.3 Å². The third kappa shape index (κ3) is 5.34. The number of methoxy groups -OCH3 is 2. The molecule has 7 nitrogen and oxygen atoms in total. The van der Waals surface area contributed by atoms with Crippen LogP contribution in [0.15, 0.2) is 27.8 Å². The molecular weight excluding hydrogens is 364 g/mol. The first-order chi connectivity index (χ1) is 9.91. The second kappa shape index (κ2) is 8.42. The van der Waals surface area contributed by atoms with E-state index in [1.54, 1.807) is 0 Å². The summed E-state index contributed by atoms with van der Waals surface area (Å²) in [6.07, 6.45) is 2.73. The molecule has 0 unspecified atom stereocenters. The van der Waals surface area contributed by atoms with Gasteiger partial charge in [0.25, 0.3) is 0 Å². The van der Waals surface area contributed by atoms with Gasteiger partial charge in [-0.15, -0.1) is 0 Å². The SMILES string of the molecule is COCCN(CCC(=O)OC)S(=O)(=O)c1cncc(Br)c1. The smallest absolute Gasteiger partial charge is 0.306 e. The summed E-state index contributed by atoms with van der Waals surface area (Å²) in [6.45, 7) is 0.384. The van der Waals surface area contributed by atoms with Crippen molar-refractivity contribution >= 4 is 31.9 Å². The quantitative estimate of drug-likeness (QED) is 0.626. The zero-order valence-electron chi connectivity index (χ0n) is 11.8. The molecule has 0 amide bonds. The summed E-state index contributed by atoms with van der Waals surface area (Å²) < 4.78 is 36.3. The molecule has 9 heteroatoms. The van der Waals surface area contributed by atoms with Crippen molar-refractivity contribution in [3.05, 3.63) is 22.9 Å². The molecule has 118 valence electrons. The van der Waals surface area contributed by atoms with Gasteiger partial charge in [0.2, 0.25) is 10.0 Å². The average molecular weight is 381 g/mol. The van der Waals surface area contributed by atoms with E-state index in [0.717, 1.165) is 0 Å². The average Bonchev–Trinajstić information content (AvgIpc) is 2.46. The molecule has 0 fully saturated rings. The lowest BCUT2D eigenvalue weighted by atomic mass is 10.4. The van der Waals surface area contributed by atoms with Gasteiger partial charge in [0.15, 0.2) is 0 Å². The first-order valence-electron chi connectivity index (χ1n) is 6.08. The predicted molar refractivity (Wildman–Crippen MR) is 79.2 cm³/mol. The first-order valence-corrected chi connectivity index (χ1v) is 8.31. The molecule has 0 saturated heterocycles. The first kappa shape index (κ1) is 18.0. The van der Waals surface area contributed by atoms with Gasteiger partial charge >= 0.3 is 5.97 Å². The highest BCUT2D eigenvalue weighted by molar-refractivity contribution is 9.10. The maximum Gasteiger partial charge on any atom is 0.306 e. The number of nitrogens with zero attached hydrogens (tertiary/aromatic N) is 2. The Labute approximate surface area is 132 Å². The largest absolute Gasteiger partial charge is 0.469 e. The van der Waals surface area contributed by atoms with E-state index in [4.69, 9.17) is 4.74 Å². The van der Waals surface area contributed by atoms with Crippen LogP contribution in [0.2, 0.25) is 0 Å². The summed E-state index contributed by atoms with van der Waals surface area (Å²) in [4.78, 5) is 15.1. The number of hydrogen-bond donors (Lipinski definition) is 0. The van der Waals surface area contributed by atoms with Crippen LogP contribution in [-0.4, -0.2) is 57.6 Å². The fraction of sp³-hybridized carbons (Fsp3) is 0.500. The minimum absolute atomic E-state index is 0.0187. The van der Waals surface area contributed by atoms with Crippen LogP contribution in [0.25, 0.3) is 0 Å². The van der Waals surface area contributed by atoms with Crippen LogP contribution < -0.4 is 0 Å². The Balaban J connectivity index is 2.96. The maximum absolute atomic E-state index is 12.5. The van der Waals surface area contributed by atoms with E-state index in [2.05, 4.69) is 25.7 Å². The number of hydrogen-bond acceptors (Lipinski definition) is 6. The standard InChI is InChI=1S/C12H17BrN2O5S/c1-19-6-5-15(4-3-12(16)20-2)21(17,18)11-7-10(13)8-14-9-11/h7-9H,3-6H2,1-2H3. The fourth-order valence-corrected chi connectivity index (χ4v) is 3.48. The number of sulfonamides is 1. The third-order valence-corrected chi connectivity index (χ3v) is 4.95. The zero-order chi connectivity index (χ0) is 15.9. The van der Waals surface area contributed by atoms with E-state index < -0.39 is 16.0 Å².